The number of nitrogens with zero attached hydrogens (tertiary/aromatic N) is 5. The number of fused-ring (bicyclic) bond motifs is 2. The second kappa shape index (κ2) is 6.45. The Balaban J connectivity index is 1.67. The van der Waals surface area contributed by atoms with Crippen molar-refractivity contribution in [3.8, 4) is 0 Å². The molecule has 0 unspecified atom stereocenters. The molecule has 0 radical (unpaired) electrons. The second-order valence-corrected chi connectivity index (χ2v) is 5.80. The lowest BCUT2D eigenvalue weighted by molar-refractivity contribution is 0.0329. The van der Waals surface area contributed by atoms with Gasteiger partial charge in [0.05, 0.1) is 10.8 Å². The summed E-state index contributed by atoms with van der Waals surface area (Å²) in [4.78, 5) is 37.0. The first-order valence-corrected chi connectivity index (χ1v) is 8.02. The Bertz CT molecular complexity index is 1310. The monoisotopic (exact) mass is 363 g/mol. The molecule has 2 heterocycles. The average molecular weight is 363 g/mol. The number of esters is 1. The van der Waals surface area contributed by atoms with Gasteiger partial charge in [-0.25, -0.2) is 9.48 Å². The summed E-state index contributed by atoms with van der Waals surface area (Å²) in [5, 5.41) is 12.8. The van der Waals surface area contributed by atoms with Crippen LogP contribution in [0.1, 0.15) is 10.5 Å². The molecule has 0 aliphatic heterocycles. The van der Waals surface area contributed by atoms with Crippen molar-refractivity contribution in [2.45, 2.75) is 6.73 Å². The Morgan fingerprint density at radius 3 is 2.41 bits per heavy atom. The number of hydrogen-bond donors (Lipinski definition) is 0. The Morgan fingerprint density at radius 1 is 0.963 bits per heavy atom. The third kappa shape index (κ3) is 2.84. The van der Waals surface area contributed by atoms with Crippen LogP contribution >= 0.6 is 0 Å². The fourth-order valence-electron chi connectivity index (χ4n) is 2.75. The number of carbonyl (C=O) groups is 1. The maximum absolute atomic E-state index is 12.5. The summed E-state index contributed by atoms with van der Waals surface area (Å²) in [5.74, 6) is -0.774. The molecule has 0 aliphatic rings. The molecule has 4 rings (SSSR count). The number of aromatic nitrogens is 5. The van der Waals surface area contributed by atoms with Crippen LogP contribution in [0.25, 0.3) is 21.7 Å². The molecule has 2 aromatic carbocycles. The van der Waals surface area contributed by atoms with Crippen molar-refractivity contribution in [2.24, 2.45) is 7.05 Å². The van der Waals surface area contributed by atoms with E-state index in [-0.39, 0.29) is 11.3 Å². The summed E-state index contributed by atoms with van der Waals surface area (Å²) < 4.78 is 7.21. The summed E-state index contributed by atoms with van der Waals surface area (Å²) >= 11 is 0. The van der Waals surface area contributed by atoms with Gasteiger partial charge in [0.15, 0.2) is 12.4 Å². The molecule has 134 valence electrons. The molecule has 0 atom stereocenters. The highest BCUT2D eigenvalue weighted by Gasteiger charge is 2.17. The zero-order valence-electron chi connectivity index (χ0n) is 14.2. The van der Waals surface area contributed by atoms with E-state index in [9.17, 15) is 14.4 Å². The van der Waals surface area contributed by atoms with Crippen molar-refractivity contribution in [2.75, 3.05) is 0 Å². The molecule has 0 N–H and O–H groups in total. The highest BCUT2D eigenvalue weighted by molar-refractivity contribution is 6.02. The predicted molar refractivity (Wildman–Crippen MR) is 96.2 cm³/mol. The second-order valence-electron chi connectivity index (χ2n) is 5.80. The molecule has 4 aromatic rings. The Kier molecular flexibility index (Phi) is 3.96. The minimum atomic E-state index is -0.774. The maximum atomic E-state index is 12.5. The van der Waals surface area contributed by atoms with E-state index in [1.54, 1.807) is 48.5 Å². The van der Waals surface area contributed by atoms with Crippen LogP contribution in [0.3, 0.4) is 0 Å². The Morgan fingerprint density at radius 2 is 1.63 bits per heavy atom. The van der Waals surface area contributed by atoms with E-state index >= 15 is 0 Å². The van der Waals surface area contributed by atoms with Crippen molar-refractivity contribution in [1.82, 2.24) is 24.8 Å². The van der Waals surface area contributed by atoms with Crippen molar-refractivity contribution in [1.29, 1.82) is 0 Å². The van der Waals surface area contributed by atoms with Crippen LogP contribution in [0.15, 0.2) is 58.1 Å². The molecule has 0 fully saturated rings. The molecule has 9 nitrogen and oxygen atoms in total. The van der Waals surface area contributed by atoms with E-state index < -0.39 is 18.3 Å². The average Bonchev–Trinajstić information content (AvgIpc) is 2.70. The van der Waals surface area contributed by atoms with Crippen molar-refractivity contribution in [3.05, 3.63) is 74.9 Å². The summed E-state index contributed by atoms with van der Waals surface area (Å²) in [5.41, 5.74) is -0.310. The van der Waals surface area contributed by atoms with Gasteiger partial charge in [-0.3, -0.25) is 9.59 Å². The third-order valence-corrected chi connectivity index (χ3v) is 4.10. The lowest BCUT2D eigenvalue weighted by Crippen LogP contribution is -2.28. The first-order valence-electron chi connectivity index (χ1n) is 8.02. The van der Waals surface area contributed by atoms with Gasteiger partial charge >= 0.3 is 5.97 Å². The van der Waals surface area contributed by atoms with E-state index in [2.05, 4.69) is 15.4 Å². The normalized spacial score (nSPS) is 11.0. The van der Waals surface area contributed by atoms with Gasteiger partial charge in [0.25, 0.3) is 11.1 Å². The van der Waals surface area contributed by atoms with Gasteiger partial charge in [0, 0.05) is 12.4 Å². The molecule has 27 heavy (non-hydrogen) atoms. The van der Waals surface area contributed by atoms with E-state index in [4.69, 9.17) is 4.74 Å². The highest BCUT2D eigenvalue weighted by Crippen LogP contribution is 2.14. The zero-order valence-corrected chi connectivity index (χ0v) is 14.2. The van der Waals surface area contributed by atoms with Gasteiger partial charge < -0.3 is 4.74 Å². The van der Waals surface area contributed by atoms with Gasteiger partial charge in [-0.2, -0.15) is 9.78 Å². The maximum Gasteiger partial charge on any atom is 0.361 e. The molecule has 0 aliphatic carbocycles. The van der Waals surface area contributed by atoms with E-state index in [0.29, 0.717) is 21.7 Å². The molecule has 9 heteroatoms. The smallest absolute Gasteiger partial charge is 0.361 e. The van der Waals surface area contributed by atoms with E-state index in [0.717, 1.165) is 9.36 Å². The topological polar surface area (TPSA) is 109 Å². The van der Waals surface area contributed by atoms with E-state index in [1.807, 2.05) is 0 Å². The molecule has 0 saturated carbocycles. The summed E-state index contributed by atoms with van der Waals surface area (Å²) in [6.45, 7) is -0.422. The summed E-state index contributed by atoms with van der Waals surface area (Å²) in [7, 11) is 1.45. The molecule has 0 bridgehead atoms. The van der Waals surface area contributed by atoms with E-state index in [1.165, 1.54) is 7.05 Å². The van der Waals surface area contributed by atoms with Gasteiger partial charge in [-0.1, -0.05) is 35.5 Å². The Hall–Kier alpha value is -3.88. The Labute approximate surface area is 151 Å². The van der Waals surface area contributed by atoms with Gasteiger partial charge in [0.2, 0.25) is 0 Å². The van der Waals surface area contributed by atoms with Gasteiger partial charge in [-0.05, 0) is 18.2 Å². The van der Waals surface area contributed by atoms with Crippen LogP contribution in [-0.2, 0) is 18.5 Å². The van der Waals surface area contributed by atoms with Crippen LogP contribution in [0, 0.1) is 0 Å². The third-order valence-electron chi connectivity index (χ3n) is 4.10. The molecular weight excluding hydrogens is 350 g/mol. The predicted octanol–water partition coefficient (Wildman–Crippen LogP) is 0.853. The van der Waals surface area contributed by atoms with Gasteiger partial charge in [-0.15, -0.1) is 5.10 Å². The quantitative estimate of drug-likeness (QED) is 0.496. The first-order chi connectivity index (χ1) is 13.1. The molecular formula is C18H13N5O4. The molecule has 0 spiro atoms. The van der Waals surface area contributed by atoms with Crippen LogP contribution in [0.5, 0.6) is 0 Å². The molecule has 0 amide bonds. The fraction of sp³-hybridized carbons (Fsp3) is 0.111. The van der Waals surface area contributed by atoms with Crippen molar-refractivity contribution < 1.29 is 9.53 Å². The lowest BCUT2D eigenvalue weighted by atomic mass is 10.1. The minimum absolute atomic E-state index is 0.0190. The summed E-state index contributed by atoms with van der Waals surface area (Å²) in [6, 6.07) is 13.4. The van der Waals surface area contributed by atoms with Crippen LogP contribution in [0.4, 0.5) is 0 Å². The lowest BCUT2D eigenvalue weighted by Gasteiger charge is -2.09. The summed E-state index contributed by atoms with van der Waals surface area (Å²) in [6.07, 6.45) is 0. The van der Waals surface area contributed by atoms with Crippen LogP contribution < -0.4 is 11.1 Å². The number of rotatable bonds is 3. The SMILES string of the molecule is Cn1nc(C(=O)OCn2nnc3ccccc3c2=O)c2ccccc2c1=O. The van der Waals surface area contributed by atoms with Gasteiger partial charge in [0.1, 0.15) is 5.52 Å². The zero-order chi connectivity index (χ0) is 19.0. The van der Waals surface area contributed by atoms with Crippen molar-refractivity contribution in [3.63, 3.8) is 0 Å². The van der Waals surface area contributed by atoms with Crippen LogP contribution in [0.2, 0.25) is 0 Å². The molecule has 2 aromatic heterocycles. The number of aryl methyl sites for hydroxylation is 1. The van der Waals surface area contributed by atoms with Crippen LogP contribution in [-0.4, -0.2) is 30.7 Å². The highest BCUT2D eigenvalue weighted by atomic mass is 16.5. The fourth-order valence-corrected chi connectivity index (χ4v) is 2.75. The largest absolute Gasteiger partial charge is 0.437 e. The number of carbonyl (C=O) groups excluding carboxylic acids is 1. The number of hydrogen-bond acceptors (Lipinski definition) is 7. The minimum Gasteiger partial charge on any atom is -0.437 e. The van der Waals surface area contributed by atoms with Crippen molar-refractivity contribution >= 4 is 27.6 Å². The standard InChI is InChI=1S/C18H13N5O4/c1-22-16(24)12-7-3-2-6-11(12)15(20-22)18(26)27-10-23-17(25)13-8-4-5-9-14(13)19-21-23/h2-9H,10H2,1H3. The number of ether oxygens (including phenoxy) is 1. The molecule has 0 saturated heterocycles. The first kappa shape index (κ1) is 16.6. The number of benzene rings is 2.